The average Bonchev–Trinajstić information content (AvgIpc) is 3.63. The molecule has 1 aliphatic heterocycles. The second kappa shape index (κ2) is 17.7. The number of carbonyl (C=O) groups excluding carboxylic acids is 1. The lowest BCUT2D eigenvalue weighted by Gasteiger charge is -2.33. The summed E-state index contributed by atoms with van der Waals surface area (Å²) in [4.78, 5) is 24.8. The number of amides is 1. The first-order chi connectivity index (χ1) is 26.4. The number of rotatable bonds is 10. The highest BCUT2D eigenvalue weighted by atomic mass is 35.5. The van der Waals surface area contributed by atoms with Crippen molar-refractivity contribution in [3.63, 3.8) is 0 Å². The number of furan rings is 1. The Morgan fingerprint density at radius 3 is 2.45 bits per heavy atom. The van der Waals surface area contributed by atoms with Gasteiger partial charge in [-0.15, -0.1) is 0 Å². The lowest BCUT2D eigenvalue weighted by Crippen LogP contribution is -2.48. The molecule has 2 aromatic heterocycles. The van der Waals surface area contributed by atoms with E-state index in [1.54, 1.807) is 41.3 Å². The Hall–Kier alpha value is -5.54. The van der Waals surface area contributed by atoms with Crippen LogP contribution in [0, 0.1) is 12.7 Å². The van der Waals surface area contributed by atoms with Gasteiger partial charge in [-0.1, -0.05) is 41.4 Å². The number of halogens is 2. The standard InChI is InChI=1S/C33H31ClFN5O4.C7H8O3S/c1-2-42-33(41)40-14-12-39(13-15-40)19-26-8-11-30(44-26)23-6-9-29-27(17-23)32(37-21-36-29)38-25-7-10-31(28(34)18-25)43-20-22-4-3-5-24(35)16-22;1-6-2-4-7(5-3-6)11(8,9)10/h3-11,16-18,21H,2,12-15,19-20H2,1H3,(H,36,37,38);2-5H,1H3,(H,8,9,10). The number of ether oxygens (including phenoxy) is 2. The number of nitrogens with one attached hydrogen (secondary N) is 1. The molecule has 0 spiro atoms. The van der Waals surface area contributed by atoms with Gasteiger partial charge in [-0.05, 0) is 92.2 Å². The molecule has 3 heterocycles. The van der Waals surface area contributed by atoms with Gasteiger partial charge in [-0.25, -0.2) is 19.2 Å². The molecule has 286 valence electrons. The zero-order valence-corrected chi connectivity index (χ0v) is 31.7. The number of benzene rings is 4. The minimum atomic E-state index is -4.02. The molecule has 0 atom stereocenters. The van der Waals surface area contributed by atoms with Crippen LogP contribution in [0.5, 0.6) is 5.75 Å². The van der Waals surface area contributed by atoms with Crippen LogP contribution in [0.25, 0.3) is 22.2 Å². The minimum Gasteiger partial charge on any atom is -0.487 e. The number of hydrogen-bond acceptors (Lipinski definition) is 10. The molecule has 6 aromatic rings. The van der Waals surface area contributed by atoms with E-state index in [1.807, 2.05) is 50.2 Å². The SMILES string of the molecule is CCOC(=O)N1CCN(Cc2ccc(-c3ccc4ncnc(Nc5ccc(OCc6cccc(F)c6)c(Cl)c5)c4c3)o2)CC1.Cc1ccc(S(=O)(=O)O)cc1. The molecule has 2 N–H and O–H groups in total. The van der Waals surface area contributed by atoms with E-state index in [4.69, 9.17) is 30.0 Å². The number of aryl methyl sites for hydroxylation is 1. The Morgan fingerprint density at radius 1 is 0.964 bits per heavy atom. The van der Waals surface area contributed by atoms with E-state index in [9.17, 15) is 17.6 Å². The number of hydrogen-bond donors (Lipinski definition) is 2. The molecule has 1 amide bonds. The summed E-state index contributed by atoms with van der Waals surface area (Å²) in [5.41, 5.74) is 4.06. The maximum atomic E-state index is 13.5. The molecular weight excluding hydrogens is 749 g/mol. The monoisotopic (exact) mass is 787 g/mol. The molecule has 0 bridgehead atoms. The summed E-state index contributed by atoms with van der Waals surface area (Å²) in [6.45, 7) is 7.64. The molecule has 0 radical (unpaired) electrons. The summed E-state index contributed by atoms with van der Waals surface area (Å²) >= 11 is 6.51. The normalized spacial score (nSPS) is 13.2. The molecule has 0 saturated carbocycles. The van der Waals surface area contributed by atoms with Crippen LogP contribution in [0.1, 0.15) is 23.8 Å². The average molecular weight is 788 g/mol. The third-order valence-electron chi connectivity index (χ3n) is 8.66. The molecule has 0 aliphatic carbocycles. The summed E-state index contributed by atoms with van der Waals surface area (Å²) in [6, 6.07) is 27.5. The molecule has 12 nitrogen and oxygen atoms in total. The largest absolute Gasteiger partial charge is 0.487 e. The van der Waals surface area contributed by atoms with E-state index >= 15 is 0 Å². The summed E-state index contributed by atoms with van der Waals surface area (Å²) in [5.74, 6) is 2.39. The summed E-state index contributed by atoms with van der Waals surface area (Å²) in [6.07, 6.45) is 1.25. The van der Waals surface area contributed by atoms with Gasteiger partial charge >= 0.3 is 6.09 Å². The van der Waals surface area contributed by atoms with Crippen molar-refractivity contribution in [3.05, 3.63) is 131 Å². The Morgan fingerprint density at radius 2 is 1.75 bits per heavy atom. The van der Waals surface area contributed by atoms with Gasteiger partial charge in [0.25, 0.3) is 10.1 Å². The number of carbonyl (C=O) groups is 1. The highest BCUT2D eigenvalue weighted by Gasteiger charge is 2.23. The zero-order valence-electron chi connectivity index (χ0n) is 30.1. The van der Waals surface area contributed by atoms with Crippen LogP contribution in [0.2, 0.25) is 5.02 Å². The number of fused-ring (bicyclic) bond motifs is 1. The molecule has 4 aromatic carbocycles. The lowest BCUT2D eigenvalue weighted by molar-refractivity contribution is 0.0761. The first kappa shape index (κ1) is 39.2. The van der Waals surface area contributed by atoms with Gasteiger partial charge in [0.05, 0.1) is 28.6 Å². The van der Waals surface area contributed by atoms with Gasteiger partial charge in [0.15, 0.2) is 0 Å². The molecule has 1 fully saturated rings. The van der Waals surface area contributed by atoms with Gasteiger partial charge in [-0.3, -0.25) is 9.45 Å². The Labute approximate surface area is 323 Å². The van der Waals surface area contributed by atoms with E-state index in [2.05, 4.69) is 20.2 Å². The smallest absolute Gasteiger partial charge is 0.409 e. The van der Waals surface area contributed by atoms with Gasteiger partial charge in [0, 0.05) is 42.8 Å². The summed E-state index contributed by atoms with van der Waals surface area (Å²) in [5, 5.41) is 4.57. The van der Waals surface area contributed by atoms with Gasteiger partial charge in [-0.2, -0.15) is 8.42 Å². The number of aromatic nitrogens is 2. The van der Waals surface area contributed by atoms with Crippen molar-refractivity contribution in [2.24, 2.45) is 0 Å². The Balaban J connectivity index is 0.000000403. The van der Waals surface area contributed by atoms with Crippen LogP contribution in [-0.2, 0) is 28.0 Å². The molecule has 55 heavy (non-hydrogen) atoms. The van der Waals surface area contributed by atoms with Crippen LogP contribution >= 0.6 is 11.6 Å². The maximum Gasteiger partial charge on any atom is 0.409 e. The van der Waals surface area contributed by atoms with Crippen molar-refractivity contribution in [1.82, 2.24) is 19.8 Å². The van der Waals surface area contributed by atoms with E-state index in [0.717, 1.165) is 52.3 Å². The summed E-state index contributed by atoms with van der Waals surface area (Å²) in [7, 11) is -4.02. The highest BCUT2D eigenvalue weighted by molar-refractivity contribution is 7.85. The fourth-order valence-electron chi connectivity index (χ4n) is 5.78. The Kier molecular flexibility index (Phi) is 12.6. The molecule has 0 unspecified atom stereocenters. The van der Waals surface area contributed by atoms with Crippen LogP contribution in [0.3, 0.4) is 0 Å². The second-order valence-electron chi connectivity index (χ2n) is 12.7. The van der Waals surface area contributed by atoms with Gasteiger partial charge in [0.2, 0.25) is 0 Å². The fourth-order valence-corrected chi connectivity index (χ4v) is 6.50. The zero-order chi connectivity index (χ0) is 39.0. The first-order valence-electron chi connectivity index (χ1n) is 17.4. The van der Waals surface area contributed by atoms with Crippen LogP contribution in [0.4, 0.5) is 20.7 Å². The van der Waals surface area contributed by atoms with E-state index in [1.165, 1.54) is 30.6 Å². The van der Waals surface area contributed by atoms with Crippen molar-refractivity contribution in [2.75, 3.05) is 38.1 Å². The third-order valence-corrected chi connectivity index (χ3v) is 9.82. The van der Waals surface area contributed by atoms with Crippen molar-refractivity contribution in [1.29, 1.82) is 0 Å². The minimum absolute atomic E-state index is 0.0666. The van der Waals surface area contributed by atoms with Crippen molar-refractivity contribution >= 4 is 50.2 Å². The van der Waals surface area contributed by atoms with E-state index in [0.29, 0.717) is 48.4 Å². The number of anilines is 2. The predicted octanol–water partition coefficient (Wildman–Crippen LogP) is 8.52. The quantitative estimate of drug-likeness (QED) is 0.129. The molecule has 1 aliphatic rings. The fraction of sp³-hybridized carbons (Fsp3) is 0.225. The highest BCUT2D eigenvalue weighted by Crippen LogP contribution is 2.33. The third kappa shape index (κ3) is 10.6. The number of piperazine rings is 1. The molecule has 15 heteroatoms. The van der Waals surface area contributed by atoms with Gasteiger partial charge < -0.3 is 24.1 Å². The predicted molar refractivity (Wildman–Crippen MR) is 208 cm³/mol. The first-order valence-corrected chi connectivity index (χ1v) is 19.2. The van der Waals surface area contributed by atoms with Crippen molar-refractivity contribution in [3.8, 4) is 17.1 Å². The summed E-state index contributed by atoms with van der Waals surface area (Å²) < 4.78 is 60.2. The van der Waals surface area contributed by atoms with Crippen LogP contribution in [0.15, 0.2) is 113 Å². The molecular formula is C40H39ClFN5O7S. The van der Waals surface area contributed by atoms with Crippen LogP contribution < -0.4 is 10.1 Å². The number of nitrogens with zero attached hydrogens (tertiary/aromatic N) is 4. The van der Waals surface area contributed by atoms with Crippen LogP contribution in [-0.4, -0.2) is 71.6 Å². The van der Waals surface area contributed by atoms with Crippen molar-refractivity contribution < 1.29 is 36.0 Å². The lowest BCUT2D eigenvalue weighted by atomic mass is 10.1. The Bertz CT molecular complexity index is 2370. The van der Waals surface area contributed by atoms with Gasteiger partial charge in [0.1, 0.15) is 41.8 Å². The van der Waals surface area contributed by atoms with E-state index < -0.39 is 10.1 Å². The van der Waals surface area contributed by atoms with E-state index in [-0.39, 0.29) is 23.4 Å². The maximum absolute atomic E-state index is 13.5. The molecule has 1 saturated heterocycles. The molecule has 7 rings (SSSR count). The second-order valence-corrected chi connectivity index (χ2v) is 14.5. The topological polar surface area (TPSA) is 147 Å². The van der Waals surface area contributed by atoms with Crippen molar-refractivity contribution in [2.45, 2.75) is 31.9 Å².